The third-order valence-corrected chi connectivity index (χ3v) is 3.92. The Hall–Kier alpha value is -0.840. The quantitative estimate of drug-likeness (QED) is 0.631. The van der Waals surface area contributed by atoms with Gasteiger partial charge in [0.15, 0.2) is 0 Å². The van der Waals surface area contributed by atoms with Crippen molar-refractivity contribution in [3.05, 3.63) is 28.7 Å². The molecule has 0 aliphatic heterocycles. The van der Waals surface area contributed by atoms with Gasteiger partial charge in [-0.1, -0.05) is 29.8 Å². The van der Waals surface area contributed by atoms with Gasteiger partial charge in [-0.2, -0.15) is 0 Å². The summed E-state index contributed by atoms with van der Waals surface area (Å²) in [5.74, 6) is -0.0189. The van der Waals surface area contributed by atoms with Crippen LogP contribution in [0, 0.1) is 5.92 Å². The van der Waals surface area contributed by atoms with Gasteiger partial charge in [0, 0.05) is 4.47 Å². The second-order valence-electron chi connectivity index (χ2n) is 4.23. The maximum Gasteiger partial charge on any atom is 0.323 e. The minimum atomic E-state index is -2.57. The molecule has 0 saturated heterocycles. The van der Waals surface area contributed by atoms with E-state index in [0.717, 1.165) is 4.47 Å². The van der Waals surface area contributed by atoms with E-state index >= 15 is 0 Å². The van der Waals surface area contributed by atoms with E-state index in [1.807, 2.05) is 13.8 Å². The molecule has 1 aromatic carbocycles. The number of hydrogen-bond donors (Lipinski definition) is 1. The molecule has 0 aliphatic rings. The van der Waals surface area contributed by atoms with Crippen LogP contribution < -0.4 is 9.61 Å². The van der Waals surface area contributed by atoms with Crippen molar-refractivity contribution in [2.45, 2.75) is 19.9 Å². The molecule has 5 nitrogen and oxygen atoms in total. The topological polar surface area (TPSA) is 64.6 Å². The first kappa shape index (κ1) is 16.2. The first-order valence-corrected chi connectivity index (χ1v) is 7.86. The number of hydrogen-bond acceptors (Lipinski definition) is 4. The Bertz CT molecular complexity index is 450. The average molecular weight is 350 g/mol. The van der Waals surface area contributed by atoms with E-state index in [0.29, 0.717) is 5.75 Å². The number of nitrogens with one attached hydrogen (secondary N) is 1. The Morgan fingerprint density at radius 2 is 1.89 bits per heavy atom. The molecule has 1 rings (SSSR count). The molecule has 0 saturated carbocycles. The van der Waals surface area contributed by atoms with E-state index in [1.165, 1.54) is 7.11 Å². The van der Waals surface area contributed by atoms with Crippen LogP contribution in [0.3, 0.4) is 0 Å². The zero-order valence-corrected chi connectivity index (χ0v) is 13.6. The van der Waals surface area contributed by atoms with Crippen molar-refractivity contribution in [2.75, 3.05) is 7.11 Å². The average Bonchev–Trinajstić information content (AvgIpc) is 2.37. The third-order valence-electron chi connectivity index (χ3n) is 2.42. The molecular weight excluding hydrogens is 333 g/mol. The molecule has 0 heterocycles. The summed E-state index contributed by atoms with van der Waals surface area (Å²) in [6, 6.07) is 6.30. The summed E-state index contributed by atoms with van der Waals surface area (Å²) in [4.78, 5) is 11.5. The van der Waals surface area contributed by atoms with Gasteiger partial charge < -0.3 is 9.26 Å². The van der Waals surface area contributed by atoms with Gasteiger partial charge in [-0.05, 0) is 30.2 Å². The van der Waals surface area contributed by atoms with Crippen LogP contribution >= 0.6 is 24.1 Å². The summed E-state index contributed by atoms with van der Waals surface area (Å²) in [5, 5.41) is 2.67. The Kier molecular flexibility index (Phi) is 6.55. The Morgan fingerprint density at radius 1 is 1.32 bits per heavy atom. The van der Waals surface area contributed by atoms with Gasteiger partial charge >= 0.3 is 14.1 Å². The monoisotopic (exact) mass is 349 g/mol. The van der Waals surface area contributed by atoms with Crippen molar-refractivity contribution in [2.24, 2.45) is 5.92 Å². The highest BCUT2D eigenvalue weighted by Crippen LogP contribution is 2.26. The highest BCUT2D eigenvalue weighted by Gasteiger charge is 2.24. The van der Waals surface area contributed by atoms with E-state index in [4.69, 9.17) is 4.52 Å². The van der Waals surface area contributed by atoms with Gasteiger partial charge in [0.25, 0.3) is 0 Å². The van der Waals surface area contributed by atoms with Crippen molar-refractivity contribution in [3.8, 4) is 5.75 Å². The van der Waals surface area contributed by atoms with Crippen molar-refractivity contribution in [1.29, 1.82) is 0 Å². The molecule has 0 amide bonds. The molecule has 1 N–H and O–H groups in total. The maximum absolute atomic E-state index is 11.9. The summed E-state index contributed by atoms with van der Waals surface area (Å²) in [7, 11) is -1.27. The summed E-state index contributed by atoms with van der Waals surface area (Å²) >= 11 is 3.30. The van der Waals surface area contributed by atoms with E-state index in [2.05, 4.69) is 25.8 Å². The molecule has 0 aromatic heterocycles. The third kappa shape index (κ3) is 5.35. The predicted molar refractivity (Wildman–Crippen MR) is 77.5 cm³/mol. The van der Waals surface area contributed by atoms with Crippen LogP contribution in [0.5, 0.6) is 5.75 Å². The highest BCUT2D eigenvalue weighted by atomic mass is 79.9. The molecule has 0 fully saturated rings. The van der Waals surface area contributed by atoms with Crippen LogP contribution in [0.25, 0.3) is 0 Å². The van der Waals surface area contributed by atoms with E-state index < -0.39 is 20.2 Å². The lowest BCUT2D eigenvalue weighted by Crippen LogP contribution is -2.38. The first-order valence-electron chi connectivity index (χ1n) is 5.75. The van der Waals surface area contributed by atoms with Crippen LogP contribution in [-0.4, -0.2) is 19.1 Å². The van der Waals surface area contributed by atoms with E-state index in [-0.39, 0.29) is 5.92 Å². The van der Waals surface area contributed by atoms with Crippen molar-refractivity contribution >= 4 is 30.1 Å². The van der Waals surface area contributed by atoms with E-state index in [1.54, 1.807) is 24.3 Å². The Labute approximate surface area is 121 Å². The fraction of sp³-hybridized carbons (Fsp3) is 0.417. The Balaban J connectivity index is 2.62. The minimum Gasteiger partial charge on any atom is -0.468 e. The molecule has 2 atom stereocenters. The van der Waals surface area contributed by atoms with Crippen LogP contribution in [-0.2, 0) is 14.1 Å². The summed E-state index contributed by atoms with van der Waals surface area (Å²) in [6.07, 6.45) is 0. The molecule has 19 heavy (non-hydrogen) atoms. The number of methoxy groups -OCH3 is 1. The fourth-order valence-corrected chi connectivity index (χ4v) is 2.77. The van der Waals surface area contributed by atoms with Gasteiger partial charge in [0.2, 0.25) is 0 Å². The number of benzene rings is 1. The zero-order valence-electron chi connectivity index (χ0n) is 11.0. The molecule has 0 bridgehead atoms. The van der Waals surface area contributed by atoms with Crippen LogP contribution in [0.2, 0.25) is 0 Å². The summed E-state index contributed by atoms with van der Waals surface area (Å²) < 4.78 is 22.7. The molecule has 0 radical (unpaired) electrons. The molecular formula is C12H17BrNO4P. The Morgan fingerprint density at radius 3 is 2.37 bits per heavy atom. The predicted octanol–water partition coefficient (Wildman–Crippen LogP) is 3.00. The normalized spacial score (nSPS) is 13.9. The molecule has 1 unspecified atom stereocenters. The largest absolute Gasteiger partial charge is 0.468 e. The molecule has 1 aromatic rings. The first-order chi connectivity index (χ1) is 8.93. The lowest BCUT2D eigenvalue weighted by molar-refractivity contribution is -0.143. The van der Waals surface area contributed by atoms with Crippen molar-refractivity contribution in [1.82, 2.24) is 5.09 Å². The standard InChI is InChI=1S/C12H17BrNO4P/c1-8(2)11(12(15)17-3)14-19(16)18-10-6-4-9(13)5-7-10/h4-8,11,19H,1-3H3,(H,14,16)/t11-/m0/s1. The molecule has 0 spiro atoms. The SMILES string of the molecule is COC(=O)[C@@H](N[PH](=O)Oc1ccc(Br)cc1)C(C)C. The van der Waals surface area contributed by atoms with Gasteiger partial charge in [0.05, 0.1) is 7.11 Å². The number of carbonyl (C=O) groups excluding carboxylic acids is 1. The lowest BCUT2D eigenvalue weighted by Gasteiger charge is -2.19. The number of ether oxygens (including phenoxy) is 1. The van der Waals surface area contributed by atoms with Crippen molar-refractivity contribution < 1.29 is 18.6 Å². The molecule has 0 aliphatic carbocycles. The highest BCUT2D eigenvalue weighted by molar-refractivity contribution is 9.10. The van der Waals surface area contributed by atoms with E-state index in [9.17, 15) is 9.36 Å². The van der Waals surface area contributed by atoms with Crippen LogP contribution in [0.1, 0.15) is 13.8 Å². The number of rotatable bonds is 6. The molecule has 7 heteroatoms. The minimum absolute atomic E-state index is 0.0464. The van der Waals surface area contributed by atoms with Gasteiger partial charge in [-0.25, -0.2) is 5.09 Å². The van der Waals surface area contributed by atoms with Gasteiger partial charge in [-0.3, -0.25) is 9.36 Å². The number of carbonyl (C=O) groups is 1. The van der Waals surface area contributed by atoms with Gasteiger partial charge in [0.1, 0.15) is 11.8 Å². The maximum atomic E-state index is 11.9. The summed E-state index contributed by atoms with van der Waals surface area (Å²) in [5.41, 5.74) is 0. The van der Waals surface area contributed by atoms with Crippen LogP contribution in [0.4, 0.5) is 0 Å². The number of halogens is 1. The molecule has 106 valence electrons. The summed E-state index contributed by atoms with van der Waals surface area (Å²) in [6.45, 7) is 3.67. The number of esters is 1. The zero-order chi connectivity index (χ0) is 14.4. The second-order valence-corrected chi connectivity index (χ2v) is 6.22. The fourth-order valence-electron chi connectivity index (χ4n) is 1.39. The van der Waals surface area contributed by atoms with Crippen molar-refractivity contribution in [3.63, 3.8) is 0 Å². The smallest absolute Gasteiger partial charge is 0.323 e. The van der Waals surface area contributed by atoms with Crippen LogP contribution in [0.15, 0.2) is 28.7 Å². The second kappa shape index (κ2) is 7.68. The lowest BCUT2D eigenvalue weighted by atomic mass is 10.1. The van der Waals surface area contributed by atoms with Gasteiger partial charge in [-0.15, -0.1) is 0 Å².